The number of aromatic nitrogens is 4. The van der Waals surface area contributed by atoms with E-state index >= 15 is 0 Å². The molecule has 0 bridgehead atoms. The van der Waals surface area contributed by atoms with Crippen LogP contribution in [0.2, 0.25) is 0 Å². The molecule has 2 aromatic rings. The van der Waals surface area contributed by atoms with Gasteiger partial charge in [0.15, 0.2) is 18.5 Å². The highest BCUT2D eigenvalue weighted by Gasteiger charge is 2.33. The van der Waals surface area contributed by atoms with Crippen LogP contribution in [0.3, 0.4) is 0 Å². The number of halogens is 1. The normalized spacial score (nSPS) is 18.8. The topological polar surface area (TPSA) is 55.9 Å². The summed E-state index contributed by atoms with van der Waals surface area (Å²) in [5.41, 5.74) is 9.45. The summed E-state index contributed by atoms with van der Waals surface area (Å²) in [6.07, 6.45) is 16.7. The van der Waals surface area contributed by atoms with Gasteiger partial charge in [0.05, 0.1) is 20.7 Å². The molecule has 0 saturated heterocycles. The van der Waals surface area contributed by atoms with E-state index in [1.54, 1.807) is 13.4 Å². The second-order valence-corrected chi connectivity index (χ2v) is 10.3. The van der Waals surface area contributed by atoms with Gasteiger partial charge < -0.3 is 17.0 Å². The van der Waals surface area contributed by atoms with Crippen LogP contribution in [0.1, 0.15) is 72.6 Å². The van der Waals surface area contributed by atoms with Crippen molar-refractivity contribution in [3.63, 3.8) is 0 Å². The molecule has 1 atom stereocenters. The average molecular weight is 533 g/mol. The summed E-state index contributed by atoms with van der Waals surface area (Å²) >= 11 is 0. The van der Waals surface area contributed by atoms with E-state index in [9.17, 15) is 0 Å². The Balaban J connectivity index is 0.00000408. The minimum Gasteiger partial charge on any atom is -1.00 e. The lowest BCUT2D eigenvalue weighted by molar-refractivity contribution is -0.647. The molecule has 2 heterocycles. The van der Waals surface area contributed by atoms with Gasteiger partial charge in [-0.3, -0.25) is 9.40 Å². The molecule has 188 valence electrons. The van der Waals surface area contributed by atoms with Crippen molar-refractivity contribution >= 4 is 17.0 Å². The van der Waals surface area contributed by atoms with Crippen LogP contribution in [0.15, 0.2) is 48.1 Å². The summed E-state index contributed by atoms with van der Waals surface area (Å²) in [6, 6.07) is 0. The van der Waals surface area contributed by atoms with Gasteiger partial charge in [0.25, 0.3) is 0 Å². The third-order valence-corrected chi connectivity index (χ3v) is 7.19. The van der Waals surface area contributed by atoms with Crippen LogP contribution in [0.25, 0.3) is 11.2 Å². The van der Waals surface area contributed by atoms with Gasteiger partial charge in [0.1, 0.15) is 0 Å². The van der Waals surface area contributed by atoms with Crippen LogP contribution in [0.4, 0.5) is 5.82 Å². The second kappa shape index (κ2) is 12.6. The maximum atomic E-state index is 5.09. The van der Waals surface area contributed by atoms with Crippen molar-refractivity contribution in [1.82, 2.24) is 14.5 Å². The minimum absolute atomic E-state index is 0. The van der Waals surface area contributed by atoms with Gasteiger partial charge in [-0.2, -0.15) is 4.98 Å². The first-order chi connectivity index (χ1) is 15.7. The lowest BCUT2D eigenvalue weighted by Gasteiger charge is -2.40. The molecule has 0 aliphatic heterocycles. The molecule has 7 heteroatoms. The van der Waals surface area contributed by atoms with Gasteiger partial charge in [-0.05, 0) is 70.1 Å². The minimum atomic E-state index is 0. The highest BCUT2D eigenvalue weighted by atomic mass is 79.9. The number of nitrogens with zero attached hydrogens (tertiary/aromatic N) is 4. The molecule has 34 heavy (non-hydrogen) atoms. The fourth-order valence-electron chi connectivity index (χ4n) is 5.17. The number of nitrogens with one attached hydrogen (secondary N) is 1. The highest BCUT2D eigenvalue weighted by Crippen LogP contribution is 2.45. The van der Waals surface area contributed by atoms with Crippen LogP contribution in [0.5, 0.6) is 0 Å². The molecule has 1 aliphatic rings. The van der Waals surface area contributed by atoms with Gasteiger partial charge in [0.2, 0.25) is 5.52 Å². The Morgan fingerprint density at radius 1 is 1.26 bits per heavy atom. The standard InChI is InChI=1S/C27H42N5O.BrH/c1-20(13-14-23-22(3)12-9-16-27(23,4)5)10-8-11-21(2)15-17-32-19-31(6)26-24(32)25(30-33-7)28-18-29-26;/h10,15,18-19,23H,3,8-9,11-14,16-17H2,1-2,4-7H3,(H,28,29,30);1H/q+1;/p-1/b20-10+,21-15+;/t23-;/m0./s1. The molecule has 0 amide bonds. The van der Waals surface area contributed by atoms with Crippen LogP contribution in [-0.4, -0.2) is 21.6 Å². The molecule has 6 nitrogen and oxygen atoms in total. The third-order valence-electron chi connectivity index (χ3n) is 7.19. The summed E-state index contributed by atoms with van der Waals surface area (Å²) < 4.78 is 4.16. The molecule has 0 radical (unpaired) electrons. The Morgan fingerprint density at radius 3 is 2.71 bits per heavy atom. The number of allylic oxidation sites excluding steroid dienone is 5. The Labute approximate surface area is 215 Å². The van der Waals surface area contributed by atoms with Gasteiger partial charge >= 0.3 is 5.65 Å². The monoisotopic (exact) mass is 531 g/mol. The van der Waals surface area contributed by atoms with Gasteiger partial charge in [-0.15, -0.1) is 0 Å². The summed E-state index contributed by atoms with van der Waals surface area (Å²) in [7, 11) is 3.59. The highest BCUT2D eigenvalue weighted by molar-refractivity contribution is 5.80. The number of fused-ring (bicyclic) bond motifs is 1. The van der Waals surface area contributed by atoms with Crippen LogP contribution in [-0.2, 0) is 18.4 Å². The maximum Gasteiger partial charge on any atom is 0.307 e. The quantitative estimate of drug-likeness (QED) is 0.291. The molecule has 1 aliphatic carbocycles. The number of hydrogen-bond acceptors (Lipinski definition) is 4. The molecule has 1 N–H and O–H groups in total. The van der Waals surface area contributed by atoms with Gasteiger partial charge in [0, 0.05) is 0 Å². The van der Waals surface area contributed by atoms with Crippen LogP contribution < -0.4 is 27.0 Å². The molecule has 3 rings (SSSR count). The van der Waals surface area contributed by atoms with E-state index in [1.807, 2.05) is 11.6 Å². The molecule has 0 spiro atoms. The molecular weight excluding hydrogens is 490 g/mol. The summed E-state index contributed by atoms with van der Waals surface area (Å²) in [6.45, 7) is 14.5. The van der Waals surface area contributed by atoms with Gasteiger partial charge in [-0.1, -0.05) is 54.3 Å². The zero-order valence-electron chi connectivity index (χ0n) is 21.8. The Bertz CT molecular complexity index is 1040. The van der Waals surface area contributed by atoms with Crippen molar-refractivity contribution in [1.29, 1.82) is 0 Å². The maximum absolute atomic E-state index is 5.09. The second-order valence-electron chi connectivity index (χ2n) is 10.3. The number of anilines is 1. The molecule has 1 fully saturated rings. The Kier molecular flexibility index (Phi) is 10.5. The van der Waals surface area contributed by atoms with E-state index < -0.39 is 0 Å². The number of hydrogen-bond donors (Lipinski definition) is 1. The third kappa shape index (κ3) is 7.01. The Hall–Kier alpha value is -1.99. The molecule has 1 saturated carbocycles. The molecule has 0 unspecified atom stereocenters. The molecular formula is C27H42BrN5O. The van der Waals surface area contributed by atoms with E-state index in [0.29, 0.717) is 17.2 Å². The smallest absolute Gasteiger partial charge is 0.307 e. The summed E-state index contributed by atoms with van der Waals surface area (Å²) in [5, 5.41) is 0. The van der Waals surface area contributed by atoms with E-state index in [-0.39, 0.29) is 17.0 Å². The van der Waals surface area contributed by atoms with E-state index in [2.05, 4.69) is 72.8 Å². The van der Waals surface area contributed by atoms with E-state index in [1.165, 1.54) is 48.8 Å². The lowest BCUT2D eigenvalue weighted by Crippen LogP contribution is -3.00. The van der Waals surface area contributed by atoms with Crippen molar-refractivity contribution in [2.24, 2.45) is 18.4 Å². The average Bonchev–Trinajstić information content (AvgIpc) is 3.08. The SMILES string of the molecule is C=C1CCCC(C)(C)[C@H]1CC/C(C)=C/CC/C(C)=C/Cn1c[n+](C)c2ncnc(NOC)c21.[Br-]. The zero-order valence-corrected chi connectivity index (χ0v) is 23.4. The van der Waals surface area contributed by atoms with Gasteiger partial charge in [-0.25, -0.2) is 10.0 Å². The predicted molar refractivity (Wildman–Crippen MR) is 136 cm³/mol. The van der Waals surface area contributed by atoms with Crippen molar-refractivity contribution in [3.8, 4) is 0 Å². The van der Waals surface area contributed by atoms with Crippen LogP contribution in [0, 0.1) is 11.3 Å². The number of aryl methyl sites for hydroxylation is 1. The van der Waals surface area contributed by atoms with E-state index in [4.69, 9.17) is 4.84 Å². The zero-order chi connectivity index (χ0) is 24.0. The molecule has 0 aromatic carbocycles. The van der Waals surface area contributed by atoms with Crippen molar-refractivity contribution < 1.29 is 26.4 Å². The van der Waals surface area contributed by atoms with Crippen molar-refractivity contribution in [2.75, 3.05) is 12.6 Å². The fraction of sp³-hybridized carbons (Fsp3) is 0.593. The van der Waals surface area contributed by atoms with Crippen molar-refractivity contribution in [3.05, 3.63) is 48.1 Å². The van der Waals surface area contributed by atoms with Crippen LogP contribution >= 0.6 is 0 Å². The van der Waals surface area contributed by atoms with Crippen molar-refractivity contribution in [2.45, 2.75) is 79.2 Å². The summed E-state index contributed by atoms with van der Waals surface area (Å²) in [4.78, 5) is 13.8. The lowest BCUT2D eigenvalue weighted by atomic mass is 9.65. The number of rotatable bonds is 10. The fourth-order valence-corrected chi connectivity index (χ4v) is 5.17. The first-order valence-corrected chi connectivity index (χ1v) is 12.2. The summed E-state index contributed by atoms with van der Waals surface area (Å²) in [5.74, 6) is 1.34. The van der Waals surface area contributed by atoms with E-state index in [0.717, 1.165) is 30.6 Å². The largest absolute Gasteiger partial charge is 1.00 e. The number of imidazole rings is 1. The predicted octanol–water partition coefficient (Wildman–Crippen LogP) is 3.07. The first kappa shape index (κ1) is 28.2. The first-order valence-electron chi connectivity index (χ1n) is 12.2. The molecule has 2 aromatic heterocycles. The Morgan fingerprint density at radius 2 is 2.00 bits per heavy atom.